The summed E-state index contributed by atoms with van der Waals surface area (Å²) >= 11 is 0. The third kappa shape index (κ3) is 4.08. The number of hydrogen-bond acceptors (Lipinski definition) is 2. The standard InChI is InChI=1S/C16H21N2O2/c1-13-7-9-18(10-8-13)16(20)17-15(12-19)11-14-5-3-2-4-6-14/h2-6,13,15H,7-11H2,1H3,(H,17,20)/t15-/m0/s1. The molecule has 4 heteroatoms. The molecule has 1 N–H and O–H groups in total. The average molecular weight is 273 g/mol. The van der Waals surface area contributed by atoms with E-state index in [0.29, 0.717) is 12.3 Å². The lowest BCUT2D eigenvalue weighted by molar-refractivity contribution is 0.172. The van der Waals surface area contributed by atoms with E-state index in [0.717, 1.165) is 31.5 Å². The van der Waals surface area contributed by atoms with Crippen LogP contribution in [0.1, 0.15) is 25.3 Å². The SMILES string of the molecule is CC1CCN(C(=O)N[C@H]([C]=O)Cc2ccccc2)CC1. The Morgan fingerprint density at radius 3 is 2.60 bits per heavy atom. The van der Waals surface area contributed by atoms with Crippen LogP contribution < -0.4 is 5.32 Å². The van der Waals surface area contributed by atoms with Gasteiger partial charge in [0.2, 0.25) is 6.29 Å². The lowest BCUT2D eigenvalue weighted by atomic mass is 9.99. The van der Waals surface area contributed by atoms with Crippen LogP contribution in [0.2, 0.25) is 0 Å². The summed E-state index contributed by atoms with van der Waals surface area (Å²) in [5, 5.41) is 2.76. The van der Waals surface area contributed by atoms with Crippen LogP contribution in [0, 0.1) is 5.92 Å². The van der Waals surface area contributed by atoms with Crippen molar-refractivity contribution >= 4 is 12.3 Å². The molecule has 1 aromatic carbocycles. The van der Waals surface area contributed by atoms with Crippen molar-refractivity contribution in [2.75, 3.05) is 13.1 Å². The number of piperidine rings is 1. The highest BCUT2D eigenvalue weighted by Gasteiger charge is 2.22. The molecule has 0 aromatic heterocycles. The van der Waals surface area contributed by atoms with Gasteiger partial charge in [0.1, 0.15) is 6.04 Å². The zero-order chi connectivity index (χ0) is 14.4. The first-order chi connectivity index (χ1) is 9.69. The summed E-state index contributed by atoms with van der Waals surface area (Å²) < 4.78 is 0. The smallest absolute Gasteiger partial charge is 0.318 e. The molecular formula is C16H21N2O2. The molecule has 107 valence electrons. The Balaban J connectivity index is 1.86. The van der Waals surface area contributed by atoms with E-state index in [-0.39, 0.29) is 6.03 Å². The van der Waals surface area contributed by atoms with Crippen LogP contribution in [0.15, 0.2) is 30.3 Å². The molecule has 0 spiro atoms. The van der Waals surface area contributed by atoms with Crippen LogP contribution in [-0.4, -0.2) is 36.3 Å². The number of carbonyl (C=O) groups is 1. The fraction of sp³-hybridized carbons (Fsp3) is 0.500. The van der Waals surface area contributed by atoms with Gasteiger partial charge in [-0.2, -0.15) is 0 Å². The molecular weight excluding hydrogens is 252 g/mol. The first kappa shape index (κ1) is 14.6. The summed E-state index contributed by atoms with van der Waals surface area (Å²) in [5.74, 6) is 0.678. The van der Waals surface area contributed by atoms with Crippen molar-refractivity contribution in [3.63, 3.8) is 0 Å². The van der Waals surface area contributed by atoms with Gasteiger partial charge in [-0.1, -0.05) is 37.3 Å². The minimum Gasteiger partial charge on any atom is -0.327 e. The van der Waals surface area contributed by atoms with Crippen molar-refractivity contribution in [1.29, 1.82) is 0 Å². The fourth-order valence-corrected chi connectivity index (χ4v) is 2.42. The minimum absolute atomic E-state index is 0.152. The number of likely N-dealkylation sites (tertiary alicyclic amines) is 1. The van der Waals surface area contributed by atoms with E-state index < -0.39 is 6.04 Å². The number of benzene rings is 1. The van der Waals surface area contributed by atoms with Gasteiger partial charge in [-0.3, -0.25) is 4.79 Å². The van der Waals surface area contributed by atoms with Crippen LogP contribution >= 0.6 is 0 Å². The number of rotatable bonds is 4. The maximum Gasteiger partial charge on any atom is 0.318 e. The number of carbonyl (C=O) groups excluding carboxylic acids is 2. The van der Waals surface area contributed by atoms with Crippen molar-refractivity contribution in [1.82, 2.24) is 10.2 Å². The second kappa shape index (κ2) is 7.08. The number of hydrogen-bond donors (Lipinski definition) is 1. The summed E-state index contributed by atoms with van der Waals surface area (Å²) in [5.41, 5.74) is 1.02. The summed E-state index contributed by atoms with van der Waals surface area (Å²) in [6, 6.07) is 8.93. The van der Waals surface area contributed by atoms with Crippen molar-refractivity contribution in [2.24, 2.45) is 5.92 Å². The second-order valence-electron chi connectivity index (χ2n) is 5.48. The highest BCUT2D eigenvalue weighted by Crippen LogP contribution is 2.16. The molecule has 1 aliphatic heterocycles. The van der Waals surface area contributed by atoms with E-state index in [1.165, 1.54) is 0 Å². The number of nitrogens with zero attached hydrogens (tertiary/aromatic N) is 1. The summed E-state index contributed by atoms with van der Waals surface area (Å²) in [6.45, 7) is 3.74. The molecule has 1 aliphatic rings. The Morgan fingerprint density at radius 2 is 2.00 bits per heavy atom. The van der Waals surface area contributed by atoms with E-state index in [4.69, 9.17) is 0 Å². The lowest BCUT2D eigenvalue weighted by Crippen LogP contribution is -2.48. The van der Waals surface area contributed by atoms with Gasteiger partial charge in [0.15, 0.2) is 0 Å². The predicted octanol–water partition coefficient (Wildman–Crippen LogP) is 2.15. The van der Waals surface area contributed by atoms with Gasteiger partial charge in [-0.25, -0.2) is 4.79 Å². The van der Waals surface area contributed by atoms with Crippen LogP contribution in [0.3, 0.4) is 0 Å². The van der Waals surface area contributed by atoms with Gasteiger partial charge in [0.25, 0.3) is 0 Å². The maximum absolute atomic E-state index is 12.1. The maximum atomic E-state index is 12.1. The molecule has 0 bridgehead atoms. The Labute approximate surface area is 120 Å². The second-order valence-corrected chi connectivity index (χ2v) is 5.48. The Kier molecular flexibility index (Phi) is 5.16. The normalized spacial score (nSPS) is 17.6. The first-order valence-corrected chi connectivity index (χ1v) is 7.16. The monoisotopic (exact) mass is 273 g/mol. The van der Waals surface area contributed by atoms with Crippen molar-refractivity contribution in [3.8, 4) is 0 Å². The average Bonchev–Trinajstić information content (AvgIpc) is 2.48. The third-order valence-corrected chi connectivity index (χ3v) is 3.79. The van der Waals surface area contributed by atoms with Gasteiger partial charge in [-0.05, 0) is 24.3 Å². The molecule has 1 aromatic rings. The summed E-state index contributed by atoms with van der Waals surface area (Å²) in [7, 11) is 0. The Morgan fingerprint density at radius 1 is 1.35 bits per heavy atom. The molecule has 1 fully saturated rings. The zero-order valence-electron chi connectivity index (χ0n) is 11.8. The minimum atomic E-state index is -0.579. The van der Waals surface area contributed by atoms with Crippen LogP contribution in [0.5, 0.6) is 0 Å². The first-order valence-electron chi connectivity index (χ1n) is 7.16. The molecule has 1 heterocycles. The van der Waals surface area contributed by atoms with Crippen molar-refractivity contribution in [3.05, 3.63) is 35.9 Å². The Bertz CT molecular complexity index is 439. The molecule has 1 saturated heterocycles. The number of urea groups is 1. The van der Waals surface area contributed by atoms with E-state index in [9.17, 15) is 9.59 Å². The number of nitrogens with one attached hydrogen (secondary N) is 1. The van der Waals surface area contributed by atoms with Crippen molar-refractivity contribution in [2.45, 2.75) is 32.2 Å². The van der Waals surface area contributed by atoms with Gasteiger partial charge < -0.3 is 10.2 Å². The molecule has 4 nitrogen and oxygen atoms in total. The summed E-state index contributed by atoms with van der Waals surface area (Å²) in [4.78, 5) is 24.9. The lowest BCUT2D eigenvalue weighted by Gasteiger charge is -2.31. The number of amides is 2. The molecule has 1 radical (unpaired) electrons. The quantitative estimate of drug-likeness (QED) is 0.913. The third-order valence-electron chi connectivity index (χ3n) is 3.79. The van der Waals surface area contributed by atoms with Gasteiger partial charge in [-0.15, -0.1) is 0 Å². The molecule has 0 saturated carbocycles. The molecule has 2 amide bonds. The molecule has 2 rings (SSSR count). The van der Waals surface area contributed by atoms with Crippen LogP contribution in [0.25, 0.3) is 0 Å². The van der Waals surface area contributed by atoms with E-state index in [2.05, 4.69) is 12.2 Å². The van der Waals surface area contributed by atoms with E-state index >= 15 is 0 Å². The van der Waals surface area contributed by atoms with Gasteiger partial charge in [0, 0.05) is 19.5 Å². The highest BCUT2D eigenvalue weighted by atomic mass is 16.2. The van der Waals surface area contributed by atoms with Crippen molar-refractivity contribution < 1.29 is 9.59 Å². The molecule has 0 unspecified atom stereocenters. The summed E-state index contributed by atoms with van der Waals surface area (Å²) in [6.07, 6.45) is 4.47. The van der Waals surface area contributed by atoms with Gasteiger partial charge in [0.05, 0.1) is 0 Å². The van der Waals surface area contributed by atoms with E-state index in [1.54, 1.807) is 4.90 Å². The Hall–Kier alpha value is -1.84. The topological polar surface area (TPSA) is 49.4 Å². The predicted molar refractivity (Wildman–Crippen MR) is 78.1 cm³/mol. The van der Waals surface area contributed by atoms with Gasteiger partial charge >= 0.3 is 6.03 Å². The fourth-order valence-electron chi connectivity index (χ4n) is 2.42. The largest absolute Gasteiger partial charge is 0.327 e. The highest BCUT2D eigenvalue weighted by molar-refractivity contribution is 5.78. The molecule has 1 atom stereocenters. The molecule has 20 heavy (non-hydrogen) atoms. The van der Waals surface area contributed by atoms with E-state index in [1.807, 2.05) is 36.6 Å². The zero-order valence-corrected chi connectivity index (χ0v) is 11.8. The van der Waals surface area contributed by atoms with Crippen LogP contribution in [-0.2, 0) is 11.2 Å². The molecule has 0 aliphatic carbocycles. The van der Waals surface area contributed by atoms with Crippen LogP contribution in [0.4, 0.5) is 4.79 Å².